The summed E-state index contributed by atoms with van der Waals surface area (Å²) in [5.41, 5.74) is 2.78. The molecule has 1 aromatic carbocycles. The molecule has 19 heavy (non-hydrogen) atoms. The minimum absolute atomic E-state index is 0.443. The van der Waals surface area contributed by atoms with Crippen molar-refractivity contribution in [2.24, 2.45) is 0 Å². The van der Waals surface area contributed by atoms with Gasteiger partial charge < -0.3 is 4.74 Å². The smallest absolute Gasteiger partial charge is 0.239 e. The normalized spacial score (nSPS) is 10.9. The fourth-order valence-electron chi connectivity index (χ4n) is 1.72. The van der Waals surface area contributed by atoms with Crippen molar-refractivity contribution >= 4 is 21.6 Å². The number of tetrazole rings is 1. The van der Waals surface area contributed by atoms with Gasteiger partial charge in [0.1, 0.15) is 5.75 Å². The van der Waals surface area contributed by atoms with Crippen LogP contribution in [0, 0.1) is 13.8 Å². The fourth-order valence-corrected chi connectivity index (χ4v) is 2.04. The van der Waals surface area contributed by atoms with Crippen molar-refractivity contribution in [3.8, 4) is 11.6 Å². The second kappa shape index (κ2) is 4.58. The third kappa shape index (κ3) is 2.28. The van der Waals surface area contributed by atoms with E-state index < -0.39 is 0 Å². The highest BCUT2D eigenvalue weighted by molar-refractivity contribution is 9.10. The Labute approximate surface area is 117 Å². The van der Waals surface area contributed by atoms with Crippen LogP contribution in [-0.2, 0) is 0 Å². The minimum atomic E-state index is 0.443. The lowest BCUT2D eigenvalue weighted by Crippen LogP contribution is -1.98. The van der Waals surface area contributed by atoms with Crippen molar-refractivity contribution in [2.75, 3.05) is 0 Å². The highest BCUT2D eigenvalue weighted by Crippen LogP contribution is 2.29. The summed E-state index contributed by atoms with van der Waals surface area (Å²) in [5.74, 6) is 1.19. The number of hydrogen-bond donors (Lipinski definition) is 0. The lowest BCUT2D eigenvalue weighted by Gasteiger charge is -2.09. The Morgan fingerprint density at radius 3 is 2.84 bits per heavy atom. The first-order valence-corrected chi connectivity index (χ1v) is 6.43. The third-order valence-corrected chi connectivity index (χ3v) is 3.57. The van der Waals surface area contributed by atoms with Crippen LogP contribution in [0.3, 0.4) is 0 Å². The number of hydrogen-bond acceptors (Lipinski definition) is 5. The van der Waals surface area contributed by atoms with Crippen LogP contribution in [0.15, 0.2) is 28.7 Å². The molecule has 0 bridgehead atoms. The summed E-state index contributed by atoms with van der Waals surface area (Å²) < 4.78 is 8.09. The van der Waals surface area contributed by atoms with Crippen molar-refractivity contribution in [1.29, 1.82) is 0 Å². The summed E-state index contributed by atoms with van der Waals surface area (Å²) in [6.07, 6.45) is 0. The number of aryl methyl sites for hydroxylation is 2. The van der Waals surface area contributed by atoms with Crippen LogP contribution in [0.4, 0.5) is 0 Å². The second-order valence-corrected chi connectivity index (χ2v) is 5.02. The van der Waals surface area contributed by atoms with Crippen LogP contribution < -0.4 is 4.74 Å². The maximum absolute atomic E-state index is 5.76. The lowest BCUT2D eigenvalue weighted by molar-refractivity contribution is 0.443. The fraction of sp³-hybridized carbons (Fsp3) is 0.167. The van der Waals surface area contributed by atoms with E-state index in [1.807, 2.05) is 19.9 Å². The van der Waals surface area contributed by atoms with E-state index in [0.717, 1.165) is 21.3 Å². The van der Waals surface area contributed by atoms with Gasteiger partial charge in [-0.2, -0.15) is 0 Å². The molecule has 0 spiro atoms. The van der Waals surface area contributed by atoms with Crippen LogP contribution in [0.5, 0.6) is 11.6 Å². The van der Waals surface area contributed by atoms with Crippen LogP contribution in [0.25, 0.3) is 5.65 Å². The Morgan fingerprint density at radius 1 is 1.16 bits per heavy atom. The molecule has 0 atom stereocenters. The summed E-state index contributed by atoms with van der Waals surface area (Å²) in [5, 5.41) is 15.2. The van der Waals surface area contributed by atoms with Gasteiger partial charge >= 0.3 is 0 Å². The molecule has 0 N–H and O–H groups in total. The quantitative estimate of drug-likeness (QED) is 0.726. The molecule has 0 saturated carbocycles. The van der Waals surface area contributed by atoms with Crippen molar-refractivity contribution in [1.82, 2.24) is 25.3 Å². The minimum Gasteiger partial charge on any atom is -0.437 e. The summed E-state index contributed by atoms with van der Waals surface area (Å²) in [4.78, 5) is 0. The molecule has 0 aliphatic heterocycles. The molecule has 96 valence electrons. The Morgan fingerprint density at radius 2 is 2.00 bits per heavy atom. The molecule has 0 saturated heterocycles. The van der Waals surface area contributed by atoms with Crippen molar-refractivity contribution in [3.63, 3.8) is 0 Å². The Balaban J connectivity index is 1.98. The topological polar surface area (TPSA) is 65.2 Å². The van der Waals surface area contributed by atoms with E-state index in [-0.39, 0.29) is 0 Å². The predicted molar refractivity (Wildman–Crippen MR) is 72.3 cm³/mol. The Hall–Kier alpha value is -2.02. The number of rotatable bonds is 2. The van der Waals surface area contributed by atoms with Gasteiger partial charge in [-0.1, -0.05) is 22.0 Å². The first-order chi connectivity index (χ1) is 9.13. The van der Waals surface area contributed by atoms with Gasteiger partial charge in [0.2, 0.25) is 5.88 Å². The molecule has 6 nitrogen and oxygen atoms in total. The van der Waals surface area contributed by atoms with E-state index in [0.29, 0.717) is 11.5 Å². The predicted octanol–water partition coefficient (Wildman–Crippen LogP) is 2.69. The summed E-state index contributed by atoms with van der Waals surface area (Å²) >= 11 is 3.49. The average molecular weight is 320 g/mol. The monoisotopic (exact) mass is 319 g/mol. The van der Waals surface area contributed by atoms with Crippen LogP contribution in [0.2, 0.25) is 0 Å². The molecule has 3 aromatic rings. The van der Waals surface area contributed by atoms with Gasteiger partial charge in [0.25, 0.3) is 0 Å². The first kappa shape index (κ1) is 12.0. The Bertz CT molecular complexity index is 755. The highest BCUT2D eigenvalue weighted by atomic mass is 79.9. The van der Waals surface area contributed by atoms with Crippen LogP contribution in [0.1, 0.15) is 11.1 Å². The highest BCUT2D eigenvalue weighted by Gasteiger charge is 2.07. The molecule has 2 heterocycles. The number of fused-ring (bicyclic) bond motifs is 1. The van der Waals surface area contributed by atoms with Gasteiger partial charge in [-0.25, -0.2) is 0 Å². The standard InChI is InChI=1S/C12H10BrN5O/c1-7-5-8(2)10(6-9(7)13)19-12-4-3-11-14-16-17-18(11)15-12/h3-6H,1-2H3. The summed E-state index contributed by atoms with van der Waals surface area (Å²) in [6, 6.07) is 7.46. The largest absolute Gasteiger partial charge is 0.437 e. The van der Waals surface area contributed by atoms with Gasteiger partial charge in [0.15, 0.2) is 5.65 Å². The molecule has 0 amide bonds. The Kier molecular flexibility index (Phi) is 2.90. The van der Waals surface area contributed by atoms with Gasteiger partial charge in [-0.3, -0.25) is 0 Å². The van der Waals surface area contributed by atoms with Gasteiger partial charge in [-0.15, -0.1) is 14.8 Å². The van der Waals surface area contributed by atoms with E-state index >= 15 is 0 Å². The van der Waals surface area contributed by atoms with Crippen molar-refractivity contribution in [3.05, 3.63) is 39.9 Å². The molecule has 3 rings (SSSR count). The van der Waals surface area contributed by atoms with E-state index in [1.54, 1.807) is 12.1 Å². The average Bonchev–Trinajstić information content (AvgIpc) is 2.83. The number of nitrogens with zero attached hydrogens (tertiary/aromatic N) is 5. The number of benzene rings is 1. The van der Waals surface area contributed by atoms with Gasteiger partial charge in [0.05, 0.1) is 0 Å². The summed E-state index contributed by atoms with van der Waals surface area (Å²) in [7, 11) is 0. The first-order valence-electron chi connectivity index (χ1n) is 5.63. The molecule has 7 heteroatoms. The van der Waals surface area contributed by atoms with Gasteiger partial charge in [0, 0.05) is 10.5 Å². The van der Waals surface area contributed by atoms with Crippen LogP contribution in [-0.4, -0.2) is 25.3 Å². The molecule has 0 aliphatic carbocycles. The summed E-state index contributed by atoms with van der Waals surface area (Å²) in [6.45, 7) is 4.02. The second-order valence-electron chi connectivity index (χ2n) is 4.17. The number of halogens is 1. The van der Waals surface area contributed by atoms with E-state index in [4.69, 9.17) is 4.74 Å². The van der Waals surface area contributed by atoms with Crippen LogP contribution >= 0.6 is 15.9 Å². The van der Waals surface area contributed by atoms with E-state index in [2.05, 4.69) is 42.6 Å². The third-order valence-electron chi connectivity index (χ3n) is 2.72. The van der Waals surface area contributed by atoms with Crippen molar-refractivity contribution < 1.29 is 4.74 Å². The van der Waals surface area contributed by atoms with Crippen molar-refractivity contribution in [2.45, 2.75) is 13.8 Å². The van der Waals surface area contributed by atoms with E-state index in [1.165, 1.54) is 4.63 Å². The number of ether oxygens (including phenoxy) is 1. The molecule has 0 unspecified atom stereocenters. The molecule has 2 aromatic heterocycles. The SMILES string of the molecule is Cc1cc(C)c(Oc2ccc3nnnn3n2)cc1Br. The van der Waals surface area contributed by atoms with Gasteiger partial charge in [-0.05, 0) is 47.5 Å². The zero-order valence-corrected chi connectivity index (χ0v) is 11.9. The molecule has 0 fully saturated rings. The maximum atomic E-state index is 5.76. The zero-order valence-electron chi connectivity index (χ0n) is 10.3. The number of aromatic nitrogens is 5. The van der Waals surface area contributed by atoms with E-state index in [9.17, 15) is 0 Å². The maximum Gasteiger partial charge on any atom is 0.239 e. The molecule has 0 radical (unpaired) electrons. The lowest BCUT2D eigenvalue weighted by atomic mass is 10.1. The molecular weight excluding hydrogens is 310 g/mol. The molecule has 0 aliphatic rings. The molecular formula is C12H10BrN5O. The zero-order chi connectivity index (χ0) is 13.4.